The zero-order valence-corrected chi connectivity index (χ0v) is 11.1. The molecule has 1 unspecified atom stereocenters. The van der Waals surface area contributed by atoms with Crippen LogP contribution in [0.5, 0.6) is 0 Å². The first-order valence-electron chi connectivity index (χ1n) is 6.90. The summed E-state index contributed by atoms with van der Waals surface area (Å²) in [5, 5.41) is 8.93. The number of likely N-dealkylation sites (tertiary alicyclic amines) is 1. The van der Waals surface area contributed by atoms with Crippen molar-refractivity contribution in [2.24, 2.45) is 11.8 Å². The average molecular weight is 267 g/mol. The number of aliphatic carboxylic acids is 1. The maximum absolute atomic E-state index is 11.9. The van der Waals surface area contributed by atoms with Crippen LogP contribution in [-0.4, -0.2) is 41.3 Å². The van der Waals surface area contributed by atoms with Crippen molar-refractivity contribution in [3.05, 3.63) is 12.7 Å². The number of amides is 1. The van der Waals surface area contributed by atoms with Crippen molar-refractivity contribution in [3.8, 4) is 0 Å². The molecule has 2 rings (SSSR count). The van der Waals surface area contributed by atoms with Crippen molar-refractivity contribution in [2.75, 3.05) is 13.2 Å². The van der Waals surface area contributed by atoms with Crippen molar-refractivity contribution in [1.29, 1.82) is 0 Å². The summed E-state index contributed by atoms with van der Waals surface area (Å²) < 4.78 is 5.09. The first-order chi connectivity index (χ1) is 9.13. The highest BCUT2D eigenvalue weighted by atomic mass is 16.6. The Morgan fingerprint density at radius 2 is 2.21 bits per heavy atom. The normalized spacial score (nSPS) is 29.7. The van der Waals surface area contributed by atoms with E-state index in [1.807, 2.05) is 0 Å². The van der Waals surface area contributed by atoms with E-state index >= 15 is 0 Å². The van der Waals surface area contributed by atoms with Gasteiger partial charge in [0.15, 0.2) is 0 Å². The Bertz CT molecular complexity index is 368. The SMILES string of the molecule is C=CCOC(=O)N1CCCCC1C[C@@H]1C[C@H]1C(=O)O. The second-order valence-electron chi connectivity index (χ2n) is 5.38. The predicted molar refractivity (Wildman–Crippen MR) is 69.7 cm³/mol. The summed E-state index contributed by atoms with van der Waals surface area (Å²) in [4.78, 5) is 24.5. The first kappa shape index (κ1) is 13.9. The lowest BCUT2D eigenvalue weighted by Gasteiger charge is -2.35. The summed E-state index contributed by atoms with van der Waals surface area (Å²) >= 11 is 0. The molecule has 0 spiro atoms. The number of ether oxygens (including phenoxy) is 1. The Hall–Kier alpha value is -1.52. The number of carboxylic acids is 1. The number of nitrogens with zero attached hydrogens (tertiary/aromatic N) is 1. The van der Waals surface area contributed by atoms with Crippen molar-refractivity contribution in [1.82, 2.24) is 4.90 Å². The Kier molecular flexibility index (Phi) is 4.45. The van der Waals surface area contributed by atoms with Crippen LogP contribution in [0.2, 0.25) is 0 Å². The number of piperidine rings is 1. The maximum atomic E-state index is 11.9. The highest BCUT2D eigenvalue weighted by molar-refractivity contribution is 5.73. The standard InChI is InChI=1S/C14H21NO4/c1-2-7-19-14(18)15-6-4-3-5-11(15)8-10-9-12(10)13(16)17/h2,10-12H,1,3-9H2,(H,16,17)/t10-,11?,12-/m1/s1. The number of carboxylic acid groups (broad SMARTS) is 1. The number of rotatable bonds is 5. The molecule has 0 aromatic rings. The van der Waals surface area contributed by atoms with Crippen LogP contribution in [0.3, 0.4) is 0 Å². The lowest BCUT2D eigenvalue weighted by molar-refractivity contribution is -0.138. The molecule has 0 radical (unpaired) electrons. The molecule has 1 amide bonds. The van der Waals surface area contributed by atoms with Crippen LogP contribution in [0.15, 0.2) is 12.7 Å². The van der Waals surface area contributed by atoms with Crippen LogP contribution in [0.25, 0.3) is 0 Å². The van der Waals surface area contributed by atoms with Crippen molar-refractivity contribution in [2.45, 2.75) is 38.1 Å². The molecule has 1 heterocycles. The highest BCUT2D eigenvalue weighted by Gasteiger charge is 2.45. The molecule has 3 atom stereocenters. The first-order valence-corrected chi connectivity index (χ1v) is 6.90. The average Bonchev–Trinajstić information content (AvgIpc) is 3.16. The van der Waals surface area contributed by atoms with E-state index in [0.29, 0.717) is 6.54 Å². The van der Waals surface area contributed by atoms with E-state index in [1.165, 1.54) is 0 Å². The van der Waals surface area contributed by atoms with E-state index in [4.69, 9.17) is 9.84 Å². The molecule has 2 aliphatic rings. The van der Waals surface area contributed by atoms with Gasteiger partial charge in [0.05, 0.1) is 5.92 Å². The van der Waals surface area contributed by atoms with E-state index in [1.54, 1.807) is 11.0 Å². The molecule has 0 aromatic heterocycles. The van der Waals surface area contributed by atoms with Gasteiger partial charge >= 0.3 is 12.1 Å². The van der Waals surface area contributed by atoms with Gasteiger partial charge in [-0.05, 0) is 38.0 Å². The molecule has 1 N–H and O–H groups in total. The lowest BCUT2D eigenvalue weighted by atomic mass is 9.97. The van der Waals surface area contributed by atoms with Gasteiger partial charge < -0.3 is 14.7 Å². The van der Waals surface area contributed by atoms with Gasteiger partial charge in [0.25, 0.3) is 0 Å². The minimum atomic E-state index is -0.707. The molecule has 1 aliphatic heterocycles. The Morgan fingerprint density at radius 3 is 2.84 bits per heavy atom. The third-order valence-electron chi connectivity index (χ3n) is 4.00. The molecule has 2 fully saturated rings. The van der Waals surface area contributed by atoms with Gasteiger partial charge in [0.1, 0.15) is 6.61 Å². The Labute approximate surface area is 113 Å². The third kappa shape index (κ3) is 3.49. The summed E-state index contributed by atoms with van der Waals surface area (Å²) in [6.07, 6.45) is 5.84. The smallest absolute Gasteiger partial charge is 0.410 e. The summed E-state index contributed by atoms with van der Waals surface area (Å²) in [5.41, 5.74) is 0. The molecule has 1 saturated heterocycles. The van der Waals surface area contributed by atoms with Crippen LogP contribution in [0.1, 0.15) is 32.1 Å². The fraction of sp³-hybridized carbons (Fsp3) is 0.714. The van der Waals surface area contributed by atoms with E-state index in [2.05, 4.69) is 6.58 Å². The fourth-order valence-electron chi connectivity index (χ4n) is 2.86. The summed E-state index contributed by atoms with van der Waals surface area (Å²) in [6.45, 7) is 4.46. The number of hydrogen-bond acceptors (Lipinski definition) is 3. The van der Waals surface area contributed by atoms with Gasteiger partial charge in [-0.15, -0.1) is 0 Å². The lowest BCUT2D eigenvalue weighted by Crippen LogP contribution is -2.44. The van der Waals surface area contributed by atoms with E-state index in [9.17, 15) is 9.59 Å². The van der Waals surface area contributed by atoms with Gasteiger partial charge in [-0.2, -0.15) is 0 Å². The van der Waals surface area contributed by atoms with Gasteiger partial charge in [0.2, 0.25) is 0 Å². The molecular weight excluding hydrogens is 246 g/mol. The van der Waals surface area contributed by atoms with Crippen LogP contribution >= 0.6 is 0 Å². The third-order valence-corrected chi connectivity index (χ3v) is 4.00. The molecule has 0 bridgehead atoms. The highest BCUT2D eigenvalue weighted by Crippen LogP contribution is 2.44. The molecular formula is C14H21NO4. The molecule has 0 aromatic carbocycles. The fourth-order valence-corrected chi connectivity index (χ4v) is 2.86. The predicted octanol–water partition coefficient (Wildman–Crippen LogP) is 2.27. The molecule has 1 saturated carbocycles. The van der Waals surface area contributed by atoms with Crippen LogP contribution in [0.4, 0.5) is 4.79 Å². The summed E-state index contributed by atoms with van der Waals surface area (Å²) in [5.74, 6) is -0.676. The molecule has 1 aliphatic carbocycles. The van der Waals surface area contributed by atoms with Gasteiger partial charge in [0, 0.05) is 12.6 Å². The second-order valence-corrected chi connectivity index (χ2v) is 5.38. The quantitative estimate of drug-likeness (QED) is 0.776. The Morgan fingerprint density at radius 1 is 1.42 bits per heavy atom. The minimum absolute atomic E-state index is 0.139. The monoisotopic (exact) mass is 267 g/mol. The van der Waals surface area contributed by atoms with Crippen LogP contribution in [-0.2, 0) is 9.53 Å². The topological polar surface area (TPSA) is 66.8 Å². The maximum Gasteiger partial charge on any atom is 0.410 e. The molecule has 5 heteroatoms. The van der Waals surface area contributed by atoms with Crippen molar-refractivity contribution >= 4 is 12.1 Å². The van der Waals surface area contributed by atoms with E-state index in [-0.39, 0.29) is 30.6 Å². The second kappa shape index (κ2) is 6.08. The largest absolute Gasteiger partial charge is 0.481 e. The van der Waals surface area contributed by atoms with E-state index < -0.39 is 5.97 Å². The van der Waals surface area contributed by atoms with E-state index in [0.717, 1.165) is 32.1 Å². The number of hydrogen-bond donors (Lipinski definition) is 1. The van der Waals surface area contributed by atoms with Gasteiger partial charge in [-0.1, -0.05) is 12.7 Å². The number of carbonyl (C=O) groups is 2. The Balaban J connectivity index is 1.87. The molecule has 19 heavy (non-hydrogen) atoms. The minimum Gasteiger partial charge on any atom is -0.481 e. The zero-order chi connectivity index (χ0) is 13.8. The molecule has 5 nitrogen and oxygen atoms in total. The van der Waals surface area contributed by atoms with Gasteiger partial charge in [-0.25, -0.2) is 4.79 Å². The molecule has 106 valence electrons. The zero-order valence-electron chi connectivity index (χ0n) is 11.1. The van der Waals surface area contributed by atoms with Crippen molar-refractivity contribution in [3.63, 3.8) is 0 Å². The van der Waals surface area contributed by atoms with Crippen molar-refractivity contribution < 1.29 is 19.4 Å². The summed E-state index contributed by atoms with van der Waals surface area (Å²) in [7, 11) is 0. The number of carbonyl (C=O) groups excluding carboxylic acids is 1. The van der Waals surface area contributed by atoms with Crippen LogP contribution in [0, 0.1) is 11.8 Å². The van der Waals surface area contributed by atoms with Gasteiger partial charge in [-0.3, -0.25) is 4.79 Å². The van der Waals surface area contributed by atoms with Crippen LogP contribution < -0.4 is 0 Å². The summed E-state index contributed by atoms with van der Waals surface area (Å²) in [6, 6.07) is 0.139.